The third-order valence-corrected chi connectivity index (χ3v) is 4.47. The number of rotatable bonds is 2. The lowest BCUT2D eigenvalue weighted by molar-refractivity contribution is -0.139. The Hall–Kier alpha value is -1.89. The van der Waals surface area contributed by atoms with Gasteiger partial charge in [-0.3, -0.25) is 14.7 Å². The van der Waals surface area contributed by atoms with E-state index in [1.807, 2.05) is 11.8 Å². The van der Waals surface area contributed by atoms with Crippen molar-refractivity contribution in [2.75, 3.05) is 18.0 Å². The van der Waals surface area contributed by atoms with Gasteiger partial charge in [0, 0.05) is 37.8 Å². The molecule has 3 atom stereocenters. The minimum Gasteiger partial charge on any atom is -0.340 e. The first-order chi connectivity index (χ1) is 10.1. The molecule has 1 aromatic heterocycles. The van der Waals surface area contributed by atoms with Gasteiger partial charge in [0.2, 0.25) is 11.8 Å². The molecule has 0 aromatic carbocycles. The molecule has 114 valence electrons. The molecule has 3 rings (SSSR count). The molecule has 0 radical (unpaired) electrons. The van der Waals surface area contributed by atoms with Gasteiger partial charge in [-0.2, -0.15) is 5.10 Å². The number of aromatic amines is 1. The van der Waals surface area contributed by atoms with Gasteiger partial charge in [-0.05, 0) is 19.8 Å². The van der Waals surface area contributed by atoms with Gasteiger partial charge >= 0.3 is 0 Å². The van der Waals surface area contributed by atoms with E-state index in [-0.39, 0.29) is 36.2 Å². The molecule has 3 N–H and O–H groups in total. The number of amides is 2. The lowest BCUT2D eigenvalue weighted by atomic mass is 9.96. The van der Waals surface area contributed by atoms with Gasteiger partial charge in [-0.1, -0.05) is 0 Å². The van der Waals surface area contributed by atoms with Crippen LogP contribution in [0.4, 0.5) is 5.69 Å². The summed E-state index contributed by atoms with van der Waals surface area (Å²) in [6.07, 6.45) is 5.22. The molecule has 0 aliphatic carbocycles. The zero-order valence-corrected chi connectivity index (χ0v) is 12.2. The van der Waals surface area contributed by atoms with Crippen molar-refractivity contribution in [3.8, 4) is 0 Å². The number of hydrogen-bond donors (Lipinski definition) is 2. The monoisotopic (exact) mass is 291 g/mol. The van der Waals surface area contributed by atoms with Crippen molar-refractivity contribution in [3.05, 3.63) is 12.4 Å². The third kappa shape index (κ3) is 2.65. The summed E-state index contributed by atoms with van der Waals surface area (Å²) in [6.45, 7) is 3.16. The Kier molecular flexibility index (Phi) is 3.67. The number of hydrogen-bond acceptors (Lipinski definition) is 4. The highest BCUT2D eigenvalue weighted by Crippen LogP contribution is 2.27. The lowest BCUT2D eigenvalue weighted by Crippen LogP contribution is -2.50. The normalized spacial score (nSPS) is 30.0. The number of nitrogens with one attached hydrogen (secondary N) is 1. The number of piperidine rings is 1. The van der Waals surface area contributed by atoms with E-state index >= 15 is 0 Å². The summed E-state index contributed by atoms with van der Waals surface area (Å²) in [7, 11) is 0. The molecular formula is C14H21N5O2. The summed E-state index contributed by atoms with van der Waals surface area (Å²) in [4.78, 5) is 28.3. The first kappa shape index (κ1) is 14.1. The van der Waals surface area contributed by atoms with E-state index in [0.717, 1.165) is 18.5 Å². The van der Waals surface area contributed by atoms with Gasteiger partial charge < -0.3 is 15.5 Å². The van der Waals surface area contributed by atoms with Gasteiger partial charge in [-0.15, -0.1) is 0 Å². The fourth-order valence-corrected chi connectivity index (χ4v) is 3.28. The Morgan fingerprint density at radius 2 is 2.33 bits per heavy atom. The van der Waals surface area contributed by atoms with Crippen molar-refractivity contribution in [2.45, 2.75) is 38.3 Å². The van der Waals surface area contributed by atoms with Crippen LogP contribution in [-0.4, -0.2) is 52.1 Å². The standard InChI is InChI=1S/C14H21N5O2/c1-9-4-11(15)2-3-18(9)14(21)10-5-13(20)19(8-10)12-6-16-17-7-12/h6-7,9-11H,2-5,8,15H2,1H3,(H,16,17)/t9-,10+,11-/m1/s1. The average molecular weight is 291 g/mol. The molecule has 0 spiro atoms. The van der Waals surface area contributed by atoms with Crippen LogP contribution >= 0.6 is 0 Å². The molecule has 2 fully saturated rings. The molecule has 2 saturated heterocycles. The summed E-state index contributed by atoms with van der Waals surface area (Å²) in [5.74, 6) is -0.200. The molecule has 2 amide bonds. The summed E-state index contributed by atoms with van der Waals surface area (Å²) >= 11 is 0. The lowest BCUT2D eigenvalue weighted by Gasteiger charge is -2.37. The second kappa shape index (κ2) is 5.48. The van der Waals surface area contributed by atoms with Gasteiger partial charge in [0.05, 0.1) is 17.8 Å². The van der Waals surface area contributed by atoms with Crippen LogP contribution < -0.4 is 10.6 Å². The fourth-order valence-electron chi connectivity index (χ4n) is 3.28. The number of nitrogens with two attached hydrogens (primary N) is 1. The Morgan fingerprint density at radius 3 is 3.00 bits per heavy atom. The maximum Gasteiger partial charge on any atom is 0.228 e. The third-order valence-electron chi connectivity index (χ3n) is 4.47. The van der Waals surface area contributed by atoms with Crippen molar-refractivity contribution in [1.29, 1.82) is 0 Å². The van der Waals surface area contributed by atoms with Crippen LogP contribution in [0.3, 0.4) is 0 Å². The summed E-state index contributed by atoms with van der Waals surface area (Å²) in [5.41, 5.74) is 6.66. The second-order valence-electron chi connectivity index (χ2n) is 6.03. The van der Waals surface area contributed by atoms with Crippen LogP contribution in [0.1, 0.15) is 26.2 Å². The van der Waals surface area contributed by atoms with Gasteiger partial charge in [0.15, 0.2) is 0 Å². The largest absolute Gasteiger partial charge is 0.340 e. The van der Waals surface area contributed by atoms with E-state index in [9.17, 15) is 9.59 Å². The van der Waals surface area contributed by atoms with Crippen LogP contribution in [0.2, 0.25) is 0 Å². The Balaban J connectivity index is 1.68. The van der Waals surface area contributed by atoms with E-state index in [4.69, 9.17) is 5.73 Å². The molecule has 2 aliphatic rings. The van der Waals surface area contributed by atoms with Crippen molar-refractivity contribution < 1.29 is 9.59 Å². The zero-order valence-electron chi connectivity index (χ0n) is 12.2. The predicted molar refractivity (Wildman–Crippen MR) is 77.4 cm³/mol. The highest BCUT2D eigenvalue weighted by molar-refractivity contribution is 6.00. The van der Waals surface area contributed by atoms with E-state index in [1.165, 1.54) is 0 Å². The van der Waals surface area contributed by atoms with Gasteiger partial charge in [0.1, 0.15) is 0 Å². The Morgan fingerprint density at radius 1 is 1.52 bits per heavy atom. The van der Waals surface area contributed by atoms with Crippen molar-refractivity contribution in [3.63, 3.8) is 0 Å². The SMILES string of the molecule is C[C@@H]1C[C@H](N)CCN1C(=O)[C@H]1CC(=O)N(c2cn[nH]c2)C1. The minimum atomic E-state index is -0.260. The molecule has 0 bridgehead atoms. The second-order valence-corrected chi connectivity index (χ2v) is 6.03. The zero-order chi connectivity index (χ0) is 15.0. The molecular weight excluding hydrogens is 270 g/mol. The molecule has 0 saturated carbocycles. The first-order valence-corrected chi connectivity index (χ1v) is 7.41. The van der Waals surface area contributed by atoms with Gasteiger partial charge in [0.25, 0.3) is 0 Å². The minimum absolute atomic E-state index is 0.0175. The molecule has 21 heavy (non-hydrogen) atoms. The molecule has 7 heteroatoms. The van der Waals surface area contributed by atoms with E-state index in [0.29, 0.717) is 13.1 Å². The van der Waals surface area contributed by atoms with Crippen molar-refractivity contribution in [1.82, 2.24) is 15.1 Å². The smallest absolute Gasteiger partial charge is 0.228 e. The molecule has 0 unspecified atom stereocenters. The van der Waals surface area contributed by atoms with Crippen LogP contribution in [-0.2, 0) is 9.59 Å². The van der Waals surface area contributed by atoms with Gasteiger partial charge in [-0.25, -0.2) is 0 Å². The van der Waals surface area contributed by atoms with Crippen LogP contribution in [0.5, 0.6) is 0 Å². The first-order valence-electron chi connectivity index (χ1n) is 7.41. The quantitative estimate of drug-likeness (QED) is 0.808. The highest BCUT2D eigenvalue weighted by atomic mass is 16.2. The van der Waals surface area contributed by atoms with Crippen molar-refractivity contribution >= 4 is 17.5 Å². The highest BCUT2D eigenvalue weighted by Gasteiger charge is 2.39. The number of nitrogens with zero attached hydrogens (tertiary/aromatic N) is 3. The van der Waals surface area contributed by atoms with Crippen LogP contribution in [0.15, 0.2) is 12.4 Å². The summed E-state index contributed by atoms with van der Waals surface area (Å²) in [6, 6.07) is 0.330. The van der Waals surface area contributed by atoms with Crippen LogP contribution in [0, 0.1) is 5.92 Å². The van der Waals surface area contributed by atoms with E-state index in [1.54, 1.807) is 17.3 Å². The fraction of sp³-hybridized carbons (Fsp3) is 0.643. The molecule has 7 nitrogen and oxygen atoms in total. The van der Waals surface area contributed by atoms with Crippen molar-refractivity contribution in [2.24, 2.45) is 11.7 Å². The number of anilines is 1. The Bertz CT molecular complexity index is 529. The number of aromatic nitrogens is 2. The maximum absolute atomic E-state index is 12.7. The van der Waals surface area contributed by atoms with E-state index < -0.39 is 0 Å². The molecule has 1 aromatic rings. The van der Waals surface area contributed by atoms with Crippen LogP contribution in [0.25, 0.3) is 0 Å². The summed E-state index contributed by atoms with van der Waals surface area (Å²) in [5, 5.41) is 6.55. The predicted octanol–water partition coefficient (Wildman–Crippen LogP) is 0.101. The number of carbonyl (C=O) groups excluding carboxylic acids is 2. The summed E-state index contributed by atoms with van der Waals surface area (Å²) < 4.78 is 0. The molecule has 2 aliphatic heterocycles. The Labute approximate surface area is 123 Å². The topological polar surface area (TPSA) is 95.3 Å². The number of H-pyrrole nitrogens is 1. The average Bonchev–Trinajstić information content (AvgIpc) is 3.07. The number of likely N-dealkylation sites (tertiary alicyclic amines) is 1. The molecule has 3 heterocycles. The maximum atomic E-state index is 12.7. The number of carbonyl (C=O) groups is 2. The van der Waals surface area contributed by atoms with E-state index in [2.05, 4.69) is 10.2 Å².